The Kier molecular flexibility index (Phi) is 4.36. The Bertz CT molecular complexity index is 716. The van der Waals surface area contributed by atoms with Gasteiger partial charge in [-0.15, -0.1) is 10.2 Å². The summed E-state index contributed by atoms with van der Waals surface area (Å²) < 4.78 is 0. The molecule has 1 aromatic carbocycles. The highest BCUT2D eigenvalue weighted by Crippen LogP contribution is 2.11. The zero-order valence-corrected chi connectivity index (χ0v) is 12.3. The van der Waals surface area contributed by atoms with Crippen molar-refractivity contribution in [3.8, 4) is 0 Å². The molecule has 1 N–H and O–H groups in total. The third kappa shape index (κ3) is 3.45. The van der Waals surface area contributed by atoms with E-state index in [4.69, 9.17) is 11.6 Å². The fraction of sp³-hybridized carbons (Fsp3) is 0. The summed E-state index contributed by atoms with van der Waals surface area (Å²) in [5.74, 6) is 0.508. The van der Waals surface area contributed by atoms with Crippen LogP contribution in [0.5, 0.6) is 0 Å². The average Bonchev–Trinajstić information content (AvgIpc) is 2.59. The number of halogens is 1. The SMILES string of the molecule is Clc1ccc(N/N=C(/c2ccccc2)c2ccccn2)nn1. The summed E-state index contributed by atoms with van der Waals surface area (Å²) in [6.07, 6.45) is 1.73. The first kappa shape index (κ1) is 14.2. The fourth-order valence-corrected chi connectivity index (χ4v) is 1.96. The molecule has 0 aliphatic rings. The number of hydrogen-bond acceptors (Lipinski definition) is 5. The minimum atomic E-state index is 0.336. The van der Waals surface area contributed by atoms with Crippen LogP contribution in [0.1, 0.15) is 11.3 Å². The molecule has 0 radical (unpaired) electrons. The zero-order chi connectivity index (χ0) is 15.2. The van der Waals surface area contributed by atoms with E-state index in [9.17, 15) is 0 Å². The number of anilines is 1. The van der Waals surface area contributed by atoms with E-state index in [1.165, 1.54) is 0 Å². The Morgan fingerprint density at radius 1 is 0.909 bits per heavy atom. The fourth-order valence-electron chi connectivity index (χ4n) is 1.86. The minimum Gasteiger partial charge on any atom is -0.259 e. The first-order valence-corrected chi connectivity index (χ1v) is 7.00. The molecule has 0 saturated heterocycles. The highest BCUT2D eigenvalue weighted by atomic mass is 35.5. The molecule has 0 saturated carbocycles. The van der Waals surface area contributed by atoms with Crippen LogP contribution in [0.2, 0.25) is 5.15 Å². The second kappa shape index (κ2) is 6.78. The van der Waals surface area contributed by atoms with E-state index in [1.807, 2.05) is 48.5 Å². The second-order valence-corrected chi connectivity index (χ2v) is 4.78. The number of pyridine rings is 1. The van der Waals surface area contributed by atoms with Crippen LogP contribution < -0.4 is 5.43 Å². The van der Waals surface area contributed by atoms with Gasteiger partial charge < -0.3 is 0 Å². The highest BCUT2D eigenvalue weighted by molar-refractivity contribution is 6.29. The van der Waals surface area contributed by atoms with Crippen molar-refractivity contribution in [1.82, 2.24) is 15.2 Å². The van der Waals surface area contributed by atoms with Gasteiger partial charge in [0.1, 0.15) is 5.71 Å². The van der Waals surface area contributed by atoms with E-state index in [2.05, 4.69) is 25.7 Å². The maximum Gasteiger partial charge on any atom is 0.168 e. The van der Waals surface area contributed by atoms with Crippen molar-refractivity contribution in [2.24, 2.45) is 5.10 Å². The highest BCUT2D eigenvalue weighted by Gasteiger charge is 2.08. The Morgan fingerprint density at radius 2 is 1.73 bits per heavy atom. The molecule has 0 amide bonds. The van der Waals surface area contributed by atoms with Gasteiger partial charge in [-0.3, -0.25) is 10.4 Å². The van der Waals surface area contributed by atoms with Gasteiger partial charge in [-0.1, -0.05) is 48.0 Å². The van der Waals surface area contributed by atoms with Crippen LogP contribution in [0, 0.1) is 0 Å². The van der Waals surface area contributed by atoms with Gasteiger partial charge in [0.15, 0.2) is 11.0 Å². The lowest BCUT2D eigenvalue weighted by molar-refractivity contribution is 1.02. The van der Waals surface area contributed by atoms with Gasteiger partial charge in [0.05, 0.1) is 5.69 Å². The maximum atomic E-state index is 5.72. The van der Waals surface area contributed by atoms with Crippen LogP contribution in [0.25, 0.3) is 0 Å². The predicted molar refractivity (Wildman–Crippen MR) is 87.0 cm³/mol. The lowest BCUT2D eigenvalue weighted by Crippen LogP contribution is -2.09. The number of hydrazone groups is 1. The lowest BCUT2D eigenvalue weighted by atomic mass is 10.1. The molecule has 22 heavy (non-hydrogen) atoms. The predicted octanol–water partition coefficient (Wildman–Crippen LogP) is 3.39. The van der Waals surface area contributed by atoms with E-state index in [1.54, 1.807) is 18.3 Å². The summed E-state index contributed by atoms with van der Waals surface area (Å²) in [6, 6.07) is 18.9. The van der Waals surface area contributed by atoms with E-state index >= 15 is 0 Å². The summed E-state index contributed by atoms with van der Waals surface area (Å²) in [4.78, 5) is 4.35. The Balaban J connectivity index is 1.95. The van der Waals surface area contributed by atoms with E-state index in [0.29, 0.717) is 11.0 Å². The largest absolute Gasteiger partial charge is 0.259 e. The average molecular weight is 310 g/mol. The topological polar surface area (TPSA) is 63.1 Å². The van der Waals surface area contributed by atoms with Gasteiger partial charge in [0.2, 0.25) is 0 Å². The van der Waals surface area contributed by atoms with Crippen molar-refractivity contribution in [3.63, 3.8) is 0 Å². The van der Waals surface area contributed by atoms with Gasteiger partial charge >= 0.3 is 0 Å². The molecule has 0 fully saturated rings. The normalized spacial score (nSPS) is 11.2. The number of nitrogens with zero attached hydrogens (tertiary/aromatic N) is 4. The summed E-state index contributed by atoms with van der Waals surface area (Å²) in [7, 11) is 0. The van der Waals surface area contributed by atoms with E-state index in [0.717, 1.165) is 17.0 Å². The molecule has 0 aliphatic heterocycles. The molecule has 0 bridgehead atoms. The number of benzene rings is 1. The Hall–Kier alpha value is -2.79. The van der Waals surface area contributed by atoms with Crippen molar-refractivity contribution in [2.75, 3.05) is 5.43 Å². The van der Waals surface area contributed by atoms with Gasteiger partial charge in [-0.2, -0.15) is 5.10 Å². The third-order valence-electron chi connectivity index (χ3n) is 2.87. The van der Waals surface area contributed by atoms with Crippen LogP contribution in [-0.2, 0) is 0 Å². The van der Waals surface area contributed by atoms with Gasteiger partial charge in [0, 0.05) is 11.8 Å². The minimum absolute atomic E-state index is 0.336. The van der Waals surface area contributed by atoms with E-state index in [-0.39, 0.29) is 0 Å². The molecule has 0 aliphatic carbocycles. The van der Waals surface area contributed by atoms with Crippen LogP contribution in [-0.4, -0.2) is 20.9 Å². The first-order chi connectivity index (χ1) is 10.8. The second-order valence-electron chi connectivity index (χ2n) is 4.39. The van der Waals surface area contributed by atoms with Crippen molar-refractivity contribution < 1.29 is 0 Å². The van der Waals surface area contributed by atoms with Crippen LogP contribution in [0.4, 0.5) is 5.82 Å². The molecule has 108 valence electrons. The number of aromatic nitrogens is 3. The van der Waals surface area contributed by atoms with Crippen LogP contribution in [0.15, 0.2) is 72.0 Å². The number of rotatable bonds is 4. The van der Waals surface area contributed by atoms with Crippen molar-refractivity contribution >= 4 is 23.1 Å². The molecule has 3 rings (SSSR count). The van der Waals surface area contributed by atoms with Crippen molar-refractivity contribution in [2.45, 2.75) is 0 Å². The first-order valence-electron chi connectivity index (χ1n) is 6.63. The standard InChI is InChI=1S/C16H12ClN5/c17-14-9-10-15(20-19-14)21-22-16(12-6-2-1-3-7-12)13-8-4-5-11-18-13/h1-11H,(H,20,21)/b22-16-. The summed E-state index contributed by atoms with van der Waals surface area (Å²) in [6.45, 7) is 0. The lowest BCUT2D eigenvalue weighted by Gasteiger charge is -2.07. The molecule has 0 unspecified atom stereocenters. The Labute approximate surface area is 132 Å². The monoisotopic (exact) mass is 309 g/mol. The molecule has 0 spiro atoms. The molecule has 2 aromatic heterocycles. The van der Waals surface area contributed by atoms with Crippen molar-refractivity contribution in [1.29, 1.82) is 0 Å². The van der Waals surface area contributed by atoms with Gasteiger partial charge in [0.25, 0.3) is 0 Å². The molecule has 0 atom stereocenters. The molecule has 5 nitrogen and oxygen atoms in total. The summed E-state index contributed by atoms with van der Waals surface area (Å²) >= 11 is 5.72. The molecular weight excluding hydrogens is 298 g/mol. The maximum absolute atomic E-state index is 5.72. The molecule has 3 aromatic rings. The third-order valence-corrected chi connectivity index (χ3v) is 3.07. The van der Waals surface area contributed by atoms with E-state index < -0.39 is 0 Å². The summed E-state index contributed by atoms with van der Waals surface area (Å²) in [5.41, 5.74) is 5.33. The van der Waals surface area contributed by atoms with Crippen LogP contribution in [0.3, 0.4) is 0 Å². The van der Waals surface area contributed by atoms with Gasteiger partial charge in [-0.25, -0.2) is 0 Å². The smallest absolute Gasteiger partial charge is 0.168 e. The quantitative estimate of drug-likeness (QED) is 0.592. The van der Waals surface area contributed by atoms with Crippen molar-refractivity contribution in [3.05, 3.63) is 83.3 Å². The molecule has 6 heteroatoms. The Morgan fingerprint density at radius 3 is 2.41 bits per heavy atom. The number of nitrogens with one attached hydrogen (secondary N) is 1. The zero-order valence-electron chi connectivity index (χ0n) is 11.5. The number of hydrogen-bond donors (Lipinski definition) is 1. The molecular formula is C16H12ClN5. The van der Waals surface area contributed by atoms with Crippen LogP contribution >= 0.6 is 11.6 Å². The van der Waals surface area contributed by atoms with Gasteiger partial charge in [-0.05, 0) is 24.3 Å². The summed E-state index contributed by atoms with van der Waals surface area (Å²) in [5, 5.41) is 12.4. The molecule has 2 heterocycles.